The zero-order valence-electron chi connectivity index (χ0n) is 34.3. The zero-order valence-corrected chi connectivity index (χ0v) is 34.3. The molecule has 1 heterocycles. The van der Waals surface area contributed by atoms with Gasteiger partial charge in [-0.15, -0.1) is 0 Å². The van der Waals surface area contributed by atoms with Crippen molar-refractivity contribution in [2.24, 2.45) is 0 Å². The van der Waals surface area contributed by atoms with E-state index in [2.05, 4.69) is 224 Å². The Hall–Kier alpha value is -8.26. The van der Waals surface area contributed by atoms with E-state index in [4.69, 9.17) is 4.42 Å². The van der Waals surface area contributed by atoms with Gasteiger partial charge in [0, 0.05) is 16.2 Å². The number of benzene rings is 12. The van der Waals surface area contributed by atoms with E-state index >= 15 is 0 Å². The van der Waals surface area contributed by atoms with E-state index < -0.39 is 0 Å². The Morgan fingerprint density at radius 3 is 1.30 bits per heavy atom. The highest BCUT2D eigenvalue weighted by molar-refractivity contribution is 6.24. The molecule has 0 aliphatic rings. The maximum atomic E-state index is 6.56. The van der Waals surface area contributed by atoms with E-state index in [0.29, 0.717) is 0 Å². The first-order chi connectivity index (χ1) is 31.2. The van der Waals surface area contributed by atoms with Crippen molar-refractivity contribution in [1.29, 1.82) is 0 Å². The van der Waals surface area contributed by atoms with Gasteiger partial charge in [-0.3, -0.25) is 0 Å². The van der Waals surface area contributed by atoms with Gasteiger partial charge in [0.15, 0.2) is 0 Å². The van der Waals surface area contributed by atoms with Gasteiger partial charge in [-0.2, -0.15) is 0 Å². The fourth-order valence-electron chi connectivity index (χ4n) is 10.4. The summed E-state index contributed by atoms with van der Waals surface area (Å²) in [5, 5.41) is 14.4. The van der Waals surface area contributed by atoms with Crippen LogP contribution in [0.15, 0.2) is 235 Å². The highest BCUT2D eigenvalue weighted by Crippen LogP contribution is 2.48. The third-order valence-corrected chi connectivity index (χ3v) is 13.2. The van der Waals surface area contributed by atoms with Gasteiger partial charge in [-0.05, 0) is 134 Å². The van der Waals surface area contributed by atoms with Crippen LogP contribution in [0.5, 0.6) is 0 Å². The van der Waals surface area contributed by atoms with Gasteiger partial charge in [0.05, 0.1) is 0 Å². The van der Waals surface area contributed by atoms with E-state index in [-0.39, 0.29) is 0 Å². The average molecular weight is 799 g/mol. The van der Waals surface area contributed by atoms with Gasteiger partial charge < -0.3 is 4.42 Å². The van der Waals surface area contributed by atoms with Crippen LogP contribution in [0, 0.1) is 0 Å². The van der Waals surface area contributed by atoms with Crippen molar-refractivity contribution in [2.45, 2.75) is 0 Å². The summed E-state index contributed by atoms with van der Waals surface area (Å²) >= 11 is 0. The lowest BCUT2D eigenvalue weighted by Gasteiger charge is -2.20. The van der Waals surface area contributed by atoms with Gasteiger partial charge in [0.25, 0.3) is 0 Å². The molecule has 292 valence electrons. The standard InChI is InChI=1S/C62H38O/c1-3-23-46-39(15-1)17-13-30-48(46)41-19-11-21-44(35-41)60-52-27-6-7-28-53(52)61(45-22-12-20-42(36-45)49-31-14-18-40-16-2-4-24-47(40)49)57-37-43(33-34-54(57)60)56-38-58-51-26-9-10-32-59(51)63-62(58)55-29-8-5-25-50(55)56/h1-38H. The Labute approximate surface area is 364 Å². The molecule has 0 unspecified atom stereocenters. The summed E-state index contributed by atoms with van der Waals surface area (Å²) in [6.45, 7) is 0. The molecular formula is C62H38O. The monoisotopic (exact) mass is 798 g/mol. The number of fused-ring (bicyclic) bond motifs is 9. The molecule has 1 aromatic heterocycles. The van der Waals surface area contributed by atoms with Crippen molar-refractivity contribution in [3.05, 3.63) is 231 Å². The molecule has 0 saturated heterocycles. The van der Waals surface area contributed by atoms with Crippen LogP contribution < -0.4 is 0 Å². The smallest absolute Gasteiger partial charge is 0.143 e. The second kappa shape index (κ2) is 14.2. The zero-order chi connectivity index (χ0) is 41.4. The van der Waals surface area contributed by atoms with Crippen molar-refractivity contribution in [2.75, 3.05) is 0 Å². The van der Waals surface area contributed by atoms with E-state index in [1.165, 1.54) is 104 Å². The third kappa shape index (κ3) is 5.64. The van der Waals surface area contributed by atoms with Crippen LogP contribution in [0.1, 0.15) is 0 Å². The van der Waals surface area contributed by atoms with Crippen molar-refractivity contribution in [3.8, 4) is 55.6 Å². The van der Waals surface area contributed by atoms with E-state index in [1.54, 1.807) is 0 Å². The summed E-state index contributed by atoms with van der Waals surface area (Å²) in [6.07, 6.45) is 0. The maximum absolute atomic E-state index is 6.56. The molecule has 1 nitrogen and oxygen atoms in total. The number of hydrogen-bond acceptors (Lipinski definition) is 1. The van der Waals surface area contributed by atoms with Crippen molar-refractivity contribution in [3.63, 3.8) is 0 Å². The molecule has 0 fully saturated rings. The van der Waals surface area contributed by atoms with Crippen LogP contribution in [0.3, 0.4) is 0 Å². The molecule has 0 saturated carbocycles. The van der Waals surface area contributed by atoms with Gasteiger partial charge in [0.2, 0.25) is 0 Å². The van der Waals surface area contributed by atoms with Crippen LogP contribution in [-0.2, 0) is 0 Å². The number of rotatable bonds is 5. The van der Waals surface area contributed by atoms with Crippen molar-refractivity contribution >= 4 is 75.8 Å². The fraction of sp³-hybridized carbons (Fsp3) is 0. The quantitative estimate of drug-likeness (QED) is 0.158. The molecule has 0 atom stereocenters. The highest BCUT2D eigenvalue weighted by Gasteiger charge is 2.21. The molecule has 0 amide bonds. The SMILES string of the molecule is c1cc(-c2cccc3ccccc23)cc(-c2c3ccccc3c(-c3cccc(-c4cccc5ccccc45)c3)c3cc(-c4cc5c6ccccc6oc5c5ccccc45)ccc23)c1. The van der Waals surface area contributed by atoms with Crippen molar-refractivity contribution < 1.29 is 4.42 Å². The largest absolute Gasteiger partial charge is 0.455 e. The summed E-state index contributed by atoms with van der Waals surface area (Å²) in [5.74, 6) is 0. The van der Waals surface area contributed by atoms with Gasteiger partial charge in [-0.1, -0.05) is 200 Å². The molecule has 0 aliphatic carbocycles. The molecule has 12 aromatic carbocycles. The molecule has 1 heteroatoms. The number of hydrogen-bond donors (Lipinski definition) is 0. The van der Waals surface area contributed by atoms with Crippen LogP contribution >= 0.6 is 0 Å². The molecule has 13 rings (SSSR count). The predicted octanol–water partition coefficient (Wildman–Crippen LogP) is 17.7. The maximum Gasteiger partial charge on any atom is 0.143 e. The number of furan rings is 1. The molecule has 0 bridgehead atoms. The number of para-hydroxylation sites is 1. The Kier molecular flexibility index (Phi) is 7.98. The molecule has 0 aliphatic heterocycles. The summed E-state index contributed by atoms with van der Waals surface area (Å²) in [7, 11) is 0. The first-order valence-corrected chi connectivity index (χ1v) is 21.7. The third-order valence-electron chi connectivity index (χ3n) is 13.2. The molecule has 0 N–H and O–H groups in total. The lowest BCUT2D eigenvalue weighted by atomic mass is 9.83. The molecule has 0 radical (unpaired) electrons. The molecule has 13 aromatic rings. The summed E-state index contributed by atoms with van der Waals surface area (Å²) in [4.78, 5) is 0. The van der Waals surface area contributed by atoms with E-state index in [1.807, 2.05) is 6.07 Å². The Bertz CT molecular complexity index is 3970. The van der Waals surface area contributed by atoms with E-state index in [0.717, 1.165) is 27.3 Å². The van der Waals surface area contributed by atoms with Gasteiger partial charge >= 0.3 is 0 Å². The van der Waals surface area contributed by atoms with Crippen LogP contribution in [-0.4, -0.2) is 0 Å². The molecule has 63 heavy (non-hydrogen) atoms. The Morgan fingerprint density at radius 1 is 0.222 bits per heavy atom. The Balaban J connectivity index is 1.11. The minimum Gasteiger partial charge on any atom is -0.455 e. The van der Waals surface area contributed by atoms with Crippen LogP contribution in [0.25, 0.3) is 131 Å². The lowest BCUT2D eigenvalue weighted by Crippen LogP contribution is -1.93. The van der Waals surface area contributed by atoms with Crippen LogP contribution in [0.4, 0.5) is 0 Å². The second-order valence-corrected chi connectivity index (χ2v) is 16.7. The lowest BCUT2D eigenvalue weighted by molar-refractivity contribution is 0.672. The topological polar surface area (TPSA) is 13.1 Å². The minimum atomic E-state index is 0.906. The van der Waals surface area contributed by atoms with Gasteiger partial charge in [0.1, 0.15) is 11.2 Å². The second-order valence-electron chi connectivity index (χ2n) is 16.7. The van der Waals surface area contributed by atoms with Gasteiger partial charge in [-0.25, -0.2) is 0 Å². The highest BCUT2D eigenvalue weighted by atomic mass is 16.3. The summed E-state index contributed by atoms with van der Waals surface area (Å²) in [6, 6.07) is 84.6. The van der Waals surface area contributed by atoms with Crippen molar-refractivity contribution in [1.82, 2.24) is 0 Å². The molecular weight excluding hydrogens is 761 g/mol. The average Bonchev–Trinajstić information content (AvgIpc) is 3.74. The Morgan fingerprint density at radius 2 is 0.667 bits per heavy atom. The predicted molar refractivity (Wildman–Crippen MR) is 268 cm³/mol. The van der Waals surface area contributed by atoms with Crippen LogP contribution in [0.2, 0.25) is 0 Å². The minimum absolute atomic E-state index is 0.906. The summed E-state index contributed by atoms with van der Waals surface area (Å²) in [5.41, 5.74) is 13.9. The first-order valence-electron chi connectivity index (χ1n) is 21.7. The first kappa shape index (κ1) is 35.5. The molecule has 0 spiro atoms. The normalized spacial score (nSPS) is 11.8. The fourth-order valence-corrected chi connectivity index (χ4v) is 10.4. The van der Waals surface area contributed by atoms with E-state index in [9.17, 15) is 0 Å². The summed E-state index contributed by atoms with van der Waals surface area (Å²) < 4.78 is 6.56.